The molecule has 18 heavy (non-hydrogen) atoms. The van der Waals surface area contributed by atoms with E-state index >= 15 is 0 Å². The van der Waals surface area contributed by atoms with E-state index in [-0.39, 0.29) is 0 Å². The normalized spacial score (nSPS) is 12.0. The van der Waals surface area contributed by atoms with Gasteiger partial charge in [-0.3, -0.25) is 0 Å². The van der Waals surface area contributed by atoms with E-state index in [1.807, 2.05) is 0 Å². The van der Waals surface area contributed by atoms with Gasteiger partial charge in [-0.1, -0.05) is 6.92 Å². The molecule has 0 aromatic rings. The van der Waals surface area contributed by atoms with Crippen molar-refractivity contribution in [3.63, 3.8) is 0 Å². The highest BCUT2D eigenvalue weighted by atomic mass is 31.2. The first kappa shape index (κ1) is 18.7. The molecule has 0 unspecified atom stereocenters. The van der Waals surface area contributed by atoms with Crippen LogP contribution in [0.25, 0.3) is 0 Å². The molecule has 110 valence electrons. The van der Waals surface area contributed by atoms with E-state index in [9.17, 15) is 0 Å². The summed E-state index contributed by atoms with van der Waals surface area (Å²) in [7, 11) is 5.35. The molecule has 0 saturated heterocycles. The summed E-state index contributed by atoms with van der Waals surface area (Å²) in [5.74, 6) is 0. The van der Waals surface area contributed by atoms with Gasteiger partial charge in [0.1, 0.15) is 0 Å². The first-order chi connectivity index (χ1) is 8.71. The van der Waals surface area contributed by atoms with Crippen molar-refractivity contribution in [2.75, 3.05) is 60.4 Å². The lowest BCUT2D eigenvalue weighted by Gasteiger charge is -2.24. The molecule has 0 aromatic carbocycles. The topological polar surface area (TPSA) is 40.2 Å². The Bertz CT molecular complexity index is 164. The minimum atomic E-state index is -0.732. The van der Waals surface area contributed by atoms with Crippen LogP contribution < -0.4 is 0 Å². The Kier molecular flexibility index (Phi) is 13.1. The predicted octanol–water partition coefficient (Wildman–Crippen LogP) is 2.91. The summed E-state index contributed by atoms with van der Waals surface area (Å²) in [5, 5.41) is 0. The standard InChI is InChI=1S/C11H27NO4P2/c1-6-7-12(8-10-17(13-2)14-3)9-11-18(15-4)16-5/h6-11H2,1-5H3. The molecule has 0 aliphatic carbocycles. The van der Waals surface area contributed by atoms with E-state index in [1.165, 1.54) is 0 Å². The summed E-state index contributed by atoms with van der Waals surface area (Å²) < 4.78 is 21.1. The van der Waals surface area contributed by atoms with Crippen LogP contribution in [0.4, 0.5) is 0 Å². The molecule has 0 spiro atoms. The molecule has 0 saturated carbocycles. The molecule has 0 atom stereocenters. The predicted molar refractivity (Wildman–Crippen MR) is 78.3 cm³/mol. The molecule has 0 rings (SSSR count). The van der Waals surface area contributed by atoms with Crippen LogP contribution in [0.5, 0.6) is 0 Å². The minimum Gasteiger partial charge on any atom is -0.337 e. The monoisotopic (exact) mass is 299 g/mol. The van der Waals surface area contributed by atoms with Gasteiger partial charge in [0, 0.05) is 53.9 Å². The summed E-state index contributed by atoms with van der Waals surface area (Å²) >= 11 is 0. The Morgan fingerprint density at radius 1 is 0.722 bits per heavy atom. The van der Waals surface area contributed by atoms with Crippen LogP contribution in [-0.4, -0.2) is 65.3 Å². The van der Waals surface area contributed by atoms with Crippen LogP contribution >= 0.6 is 16.8 Å². The number of rotatable bonds is 12. The molecular formula is C11H27NO4P2. The quantitative estimate of drug-likeness (QED) is 0.518. The second kappa shape index (κ2) is 12.7. The van der Waals surface area contributed by atoms with Crippen molar-refractivity contribution in [1.82, 2.24) is 4.90 Å². The molecule has 0 heterocycles. The number of hydrogen-bond acceptors (Lipinski definition) is 5. The molecule has 0 aliphatic heterocycles. The Hall–Kier alpha value is 0.660. The summed E-state index contributed by atoms with van der Waals surface area (Å²) in [6.07, 6.45) is 3.04. The SMILES string of the molecule is CCCN(CCP(OC)OC)CCP(OC)OC. The van der Waals surface area contributed by atoms with Crippen LogP contribution in [0.3, 0.4) is 0 Å². The van der Waals surface area contributed by atoms with Crippen LogP contribution in [0, 0.1) is 0 Å². The third-order valence-corrected chi connectivity index (χ3v) is 5.31. The van der Waals surface area contributed by atoms with Crippen molar-refractivity contribution in [1.29, 1.82) is 0 Å². The van der Waals surface area contributed by atoms with Crippen LogP contribution in [-0.2, 0) is 18.1 Å². The van der Waals surface area contributed by atoms with Gasteiger partial charge in [-0.15, -0.1) is 0 Å². The zero-order valence-corrected chi connectivity index (χ0v) is 14.0. The van der Waals surface area contributed by atoms with Gasteiger partial charge < -0.3 is 23.0 Å². The van der Waals surface area contributed by atoms with Gasteiger partial charge in [-0.25, -0.2) is 0 Å². The largest absolute Gasteiger partial charge is 0.337 e. The summed E-state index contributed by atoms with van der Waals surface area (Å²) in [5.41, 5.74) is 0. The lowest BCUT2D eigenvalue weighted by molar-refractivity contribution is 0.282. The van der Waals surface area contributed by atoms with E-state index in [0.717, 1.165) is 38.4 Å². The average molecular weight is 299 g/mol. The van der Waals surface area contributed by atoms with Crippen LogP contribution in [0.2, 0.25) is 0 Å². The zero-order chi connectivity index (χ0) is 13.8. The maximum Gasteiger partial charge on any atom is 0.171 e. The second-order valence-corrected chi connectivity index (χ2v) is 7.37. The van der Waals surface area contributed by atoms with Crippen molar-refractivity contribution >= 4 is 16.8 Å². The summed E-state index contributed by atoms with van der Waals surface area (Å²) in [6.45, 7) is 5.28. The Morgan fingerprint density at radius 2 is 1.11 bits per heavy atom. The van der Waals surface area contributed by atoms with Gasteiger partial charge in [0.05, 0.1) is 0 Å². The third kappa shape index (κ3) is 8.71. The maximum atomic E-state index is 5.27. The molecule has 0 aromatic heterocycles. The van der Waals surface area contributed by atoms with Crippen LogP contribution in [0.15, 0.2) is 0 Å². The van der Waals surface area contributed by atoms with Crippen molar-refractivity contribution in [2.24, 2.45) is 0 Å². The molecule has 0 fully saturated rings. The fourth-order valence-corrected chi connectivity index (χ4v) is 3.53. The second-order valence-electron chi connectivity index (χ2n) is 3.68. The maximum absolute atomic E-state index is 5.27. The van der Waals surface area contributed by atoms with Gasteiger partial charge in [-0.05, 0) is 13.0 Å². The molecule has 7 heteroatoms. The number of nitrogens with zero attached hydrogens (tertiary/aromatic N) is 1. The Morgan fingerprint density at radius 3 is 1.39 bits per heavy atom. The minimum absolute atomic E-state index is 0.732. The first-order valence-corrected chi connectivity index (χ1v) is 8.88. The van der Waals surface area contributed by atoms with Crippen LogP contribution in [0.1, 0.15) is 13.3 Å². The highest BCUT2D eigenvalue weighted by Gasteiger charge is 2.13. The molecule has 0 amide bonds. The van der Waals surface area contributed by atoms with Gasteiger partial charge in [0.25, 0.3) is 0 Å². The van der Waals surface area contributed by atoms with Gasteiger partial charge in [0.15, 0.2) is 16.8 Å². The number of hydrogen-bond donors (Lipinski definition) is 0. The summed E-state index contributed by atoms with van der Waals surface area (Å²) in [4.78, 5) is 2.42. The lowest BCUT2D eigenvalue weighted by atomic mass is 10.4. The van der Waals surface area contributed by atoms with Crippen molar-refractivity contribution in [3.8, 4) is 0 Å². The first-order valence-electron chi connectivity index (χ1n) is 6.15. The average Bonchev–Trinajstić information content (AvgIpc) is 2.40. The highest BCUT2D eigenvalue weighted by Crippen LogP contribution is 2.37. The van der Waals surface area contributed by atoms with Gasteiger partial charge in [-0.2, -0.15) is 0 Å². The van der Waals surface area contributed by atoms with E-state index in [0.29, 0.717) is 0 Å². The summed E-state index contributed by atoms with van der Waals surface area (Å²) in [6, 6.07) is 0. The molecular weight excluding hydrogens is 272 g/mol. The molecule has 0 aliphatic rings. The van der Waals surface area contributed by atoms with E-state index in [4.69, 9.17) is 18.1 Å². The Labute approximate surface area is 114 Å². The van der Waals surface area contributed by atoms with E-state index in [1.54, 1.807) is 28.4 Å². The Balaban J connectivity index is 3.97. The van der Waals surface area contributed by atoms with E-state index in [2.05, 4.69) is 11.8 Å². The molecule has 5 nitrogen and oxygen atoms in total. The smallest absolute Gasteiger partial charge is 0.171 e. The highest BCUT2D eigenvalue weighted by molar-refractivity contribution is 7.47. The van der Waals surface area contributed by atoms with Gasteiger partial charge >= 0.3 is 0 Å². The zero-order valence-electron chi connectivity index (χ0n) is 12.2. The third-order valence-electron chi connectivity index (χ3n) is 2.55. The van der Waals surface area contributed by atoms with Crippen molar-refractivity contribution in [3.05, 3.63) is 0 Å². The van der Waals surface area contributed by atoms with E-state index < -0.39 is 16.8 Å². The molecule has 0 radical (unpaired) electrons. The molecule has 0 bridgehead atoms. The fourth-order valence-electron chi connectivity index (χ4n) is 1.61. The molecule has 0 N–H and O–H groups in total. The van der Waals surface area contributed by atoms with Crippen molar-refractivity contribution in [2.45, 2.75) is 13.3 Å². The van der Waals surface area contributed by atoms with Gasteiger partial charge in [0.2, 0.25) is 0 Å². The lowest BCUT2D eigenvalue weighted by Crippen LogP contribution is -2.30. The fraction of sp³-hybridized carbons (Fsp3) is 1.00. The van der Waals surface area contributed by atoms with Crippen molar-refractivity contribution < 1.29 is 18.1 Å².